The number of nitrogens with one attached hydrogen (secondary N) is 2. The van der Waals surface area contributed by atoms with Crippen molar-refractivity contribution < 1.29 is 22.4 Å². The Morgan fingerprint density at radius 2 is 1.84 bits per heavy atom. The first-order valence-electron chi connectivity index (χ1n) is 9.17. The molecule has 8 nitrogen and oxygen atoms in total. The molecule has 0 radical (unpaired) electrons. The smallest absolute Gasteiger partial charge is 0.263 e. The van der Waals surface area contributed by atoms with Crippen LogP contribution in [0.1, 0.15) is 23.3 Å². The van der Waals surface area contributed by atoms with Crippen LogP contribution in [0.5, 0.6) is 0 Å². The first-order valence-corrected chi connectivity index (χ1v) is 11.0. The quantitative estimate of drug-likeness (QED) is 0.612. The van der Waals surface area contributed by atoms with Crippen LogP contribution in [0.3, 0.4) is 0 Å². The number of benzene rings is 2. The molecule has 1 aliphatic heterocycles. The molecule has 2 heterocycles. The van der Waals surface area contributed by atoms with Gasteiger partial charge in [0.2, 0.25) is 11.8 Å². The molecule has 0 fully saturated rings. The molecule has 11 heteroatoms. The highest BCUT2D eigenvalue weighted by Gasteiger charge is 2.27. The Bertz CT molecular complexity index is 1320. The molecular formula is C20H16ClFN4O4S. The molecule has 1 aliphatic rings. The molecule has 3 aromatic rings. The number of aromatic nitrogens is 2. The highest BCUT2D eigenvalue weighted by Crippen LogP contribution is 2.36. The number of carbonyl (C=O) groups is 2. The van der Waals surface area contributed by atoms with Crippen LogP contribution < -0.4 is 10.0 Å². The van der Waals surface area contributed by atoms with Crippen molar-refractivity contribution in [1.82, 2.24) is 9.78 Å². The number of carbonyl (C=O) groups excluding carboxylic acids is 2. The number of hydrogen-bond acceptors (Lipinski definition) is 5. The number of halogens is 2. The first-order chi connectivity index (χ1) is 14.7. The third-order valence-electron chi connectivity index (χ3n) is 4.73. The summed E-state index contributed by atoms with van der Waals surface area (Å²) in [7, 11) is -4.12. The molecule has 4 rings (SSSR count). The van der Waals surface area contributed by atoms with Crippen molar-refractivity contribution in [3.63, 3.8) is 0 Å². The Kier molecular flexibility index (Phi) is 5.28. The maximum absolute atomic E-state index is 13.1. The topological polar surface area (TPSA) is 110 Å². The van der Waals surface area contributed by atoms with Gasteiger partial charge in [0, 0.05) is 24.1 Å². The molecule has 160 valence electrons. The normalized spacial score (nSPS) is 14.0. The highest BCUT2D eigenvalue weighted by atomic mass is 35.5. The van der Waals surface area contributed by atoms with Crippen LogP contribution in [0.2, 0.25) is 5.02 Å². The fraction of sp³-hybridized carbons (Fsp3) is 0.150. The Morgan fingerprint density at radius 3 is 2.55 bits per heavy atom. The highest BCUT2D eigenvalue weighted by molar-refractivity contribution is 7.92. The summed E-state index contributed by atoms with van der Waals surface area (Å²) in [5, 5.41) is 6.84. The molecule has 0 aliphatic carbocycles. The summed E-state index contributed by atoms with van der Waals surface area (Å²) in [6.07, 6.45) is 0.0454. The second kappa shape index (κ2) is 7.78. The largest absolute Gasteiger partial charge is 0.310 e. The van der Waals surface area contributed by atoms with Gasteiger partial charge in [-0.1, -0.05) is 17.7 Å². The SMILES string of the molecule is Cc1nn2c(c1-c1ccc(Cl)c(S(=O)(=O)Nc3ccc(F)cc3)c1)NC(=O)CCC2=O. The van der Waals surface area contributed by atoms with Crippen LogP contribution in [0.4, 0.5) is 15.9 Å². The monoisotopic (exact) mass is 462 g/mol. The van der Waals surface area contributed by atoms with Crippen molar-refractivity contribution in [3.05, 3.63) is 59.0 Å². The predicted molar refractivity (Wildman–Crippen MR) is 113 cm³/mol. The second-order valence-corrected chi connectivity index (χ2v) is 8.98. The fourth-order valence-electron chi connectivity index (χ4n) is 3.28. The van der Waals surface area contributed by atoms with Gasteiger partial charge in [-0.05, 0) is 48.9 Å². The molecule has 0 bridgehead atoms. The number of rotatable bonds is 4. The van der Waals surface area contributed by atoms with Gasteiger partial charge < -0.3 is 5.32 Å². The standard InChI is InChI=1S/C20H16ClFN4O4S/c1-11-19(20-23-17(27)8-9-18(28)26(20)24-11)12-2-7-15(21)16(10-12)31(29,30)25-14-5-3-13(22)4-6-14/h2-7,10,25H,8-9H2,1H3,(H,23,27). The van der Waals surface area contributed by atoms with E-state index in [2.05, 4.69) is 15.1 Å². The van der Waals surface area contributed by atoms with E-state index in [1.54, 1.807) is 13.0 Å². The Balaban J connectivity index is 1.80. The average molecular weight is 463 g/mol. The van der Waals surface area contributed by atoms with Gasteiger partial charge in [-0.3, -0.25) is 14.3 Å². The van der Waals surface area contributed by atoms with Crippen molar-refractivity contribution in [3.8, 4) is 11.1 Å². The van der Waals surface area contributed by atoms with Crippen LogP contribution in [0.15, 0.2) is 47.4 Å². The lowest BCUT2D eigenvalue weighted by Crippen LogP contribution is -2.14. The summed E-state index contributed by atoms with van der Waals surface area (Å²) < 4.78 is 42.4. The zero-order chi connectivity index (χ0) is 22.3. The van der Waals surface area contributed by atoms with Crippen LogP contribution in [0.25, 0.3) is 11.1 Å². The number of amides is 1. The number of fused-ring (bicyclic) bond motifs is 1. The van der Waals surface area contributed by atoms with E-state index in [-0.39, 0.29) is 46.1 Å². The van der Waals surface area contributed by atoms with Crippen molar-refractivity contribution in [2.75, 3.05) is 10.0 Å². The molecule has 1 amide bonds. The fourth-order valence-corrected chi connectivity index (χ4v) is 4.87. The van der Waals surface area contributed by atoms with Crippen LogP contribution in [0, 0.1) is 12.7 Å². The van der Waals surface area contributed by atoms with E-state index < -0.39 is 15.8 Å². The number of aryl methyl sites for hydroxylation is 1. The molecular weight excluding hydrogens is 447 g/mol. The number of anilines is 2. The number of nitrogens with zero attached hydrogens (tertiary/aromatic N) is 2. The maximum Gasteiger partial charge on any atom is 0.263 e. The minimum Gasteiger partial charge on any atom is -0.310 e. The van der Waals surface area contributed by atoms with Crippen molar-refractivity contribution in [2.24, 2.45) is 0 Å². The molecule has 0 saturated heterocycles. The van der Waals surface area contributed by atoms with Gasteiger partial charge in [-0.25, -0.2) is 12.8 Å². The van der Waals surface area contributed by atoms with E-state index in [0.717, 1.165) is 16.8 Å². The summed E-state index contributed by atoms with van der Waals surface area (Å²) in [5.41, 5.74) is 1.41. The summed E-state index contributed by atoms with van der Waals surface area (Å²) in [6, 6.07) is 9.13. The van der Waals surface area contributed by atoms with Crippen molar-refractivity contribution >= 4 is 44.9 Å². The van der Waals surface area contributed by atoms with Crippen LogP contribution >= 0.6 is 11.6 Å². The summed E-state index contributed by atoms with van der Waals surface area (Å²) >= 11 is 6.17. The molecule has 2 N–H and O–H groups in total. The van der Waals surface area contributed by atoms with Gasteiger partial charge >= 0.3 is 0 Å². The van der Waals surface area contributed by atoms with E-state index in [9.17, 15) is 22.4 Å². The predicted octanol–water partition coefficient (Wildman–Crippen LogP) is 3.82. The molecule has 0 spiro atoms. The minimum atomic E-state index is -4.12. The van der Waals surface area contributed by atoms with Gasteiger partial charge in [-0.15, -0.1) is 0 Å². The van der Waals surface area contributed by atoms with Gasteiger partial charge in [0.05, 0.1) is 10.7 Å². The van der Waals surface area contributed by atoms with Crippen LogP contribution in [-0.4, -0.2) is 30.0 Å². The van der Waals surface area contributed by atoms with E-state index in [4.69, 9.17) is 11.6 Å². The molecule has 0 atom stereocenters. The van der Waals surface area contributed by atoms with Crippen LogP contribution in [-0.2, 0) is 14.8 Å². The van der Waals surface area contributed by atoms with E-state index >= 15 is 0 Å². The number of sulfonamides is 1. The lowest BCUT2D eigenvalue weighted by Gasteiger charge is -2.12. The number of hydrogen-bond donors (Lipinski definition) is 2. The summed E-state index contributed by atoms with van der Waals surface area (Å²) in [5.74, 6) is -1.00. The third kappa shape index (κ3) is 4.04. The van der Waals surface area contributed by atoms with Crippen molar-refractivity contribution in [2.45, 2.75) is 24.7 Å². The Labute approximate surface area is 182 Å². The van der Waals surface area contributed by atoms with E-state index in [0.29, 0.717) is 16.8 Å². The molecule has 0 saturated carbocycles. The Hall–Kier alpha value is -3.24. The van der Waals surface area contributed by atoms with E-state index in [1.165, 1.54) is 24.3 Å². The maximum atomic E-state index is 13.1. The van der Waals surface area contributed by atoms with Gasteiger partial charge in [-0.2, -0.15) is 9.78 Å². The first kappa shape index (κ1) is 21.0. The Morgan fingerprint density at radius 1 is 1.13 bits per heavy atom. The molecule has 2 aromatic carbocycles. The van der Waals surface area contributed by atoms with Gasteiger partial charge in [0.25, 0.3) is 10.0 Å². The zero-order valence-electron chi connectivity index (χ0n) is 16.1. The summed E-state index contributed by atoms with van der Waals surface area (Å²) in [6.45, 7) is 1.65. The van der Waals surface area contributed by atoms with Crippen molar-refractivity contribution in [1.29, 1.82) is 0 Å². The van der Waals surface area contributed by atoms with Gasteiger partial charge in [0.1, 0.15) is 16.5 Å². The van der Waals surface area contributed by atoms with E-state index in [1.807, 2.05) is 0 Å². The molecule has 0 unspecified atom stereocenters. The zero-order valence-corrected chi connectivity index (χ0v) is 17.7. The second-order valence-electron chi connectivity index (χ2n) is 6.92. The third-order valence-corrected chi connectivity index (χ3v) is 6.59. The lowest BCUT2D eigenvalue weighted by molar-refractivity contribution is -0.116. The average Bonchev–Trinajstić information content (AvgIpc) is 2.96. The molecule has 1 aromatic heterocycles. The van der Waals surface area contributed by atoms with Gasteiger partial charge in [0.15, 0.2) is 0 Å². The lowest BCUT2D eigenvalue weighted by atomic mass is 10.1. The minimum absolute atomic E-state index is 0.0151. The summed E-state index contributed by atoms with van der Waals surface area (Å²) in [4.78, 5) is 24.1. The molecule has 31 heavy (non-hydrogen) atoms.